The Morgan fingerprint density at radius 3 is 1.29 bits per heavy atom. The second-order valence-electron chi connectivity index (χ2n) is 11.8. The van der Waals surface area contributed by atoms with Gasteiger partial charge in [-0.3, -0.25) is 9.59 Å². The molecule has 3 amide bonds. The second-order valence-corrected chi connectivity index (χ2v) is 11.8. The molecule has 0 spiro atoms. The lowest BCUT2D eigenvalue weighted by Crippen LogP contribution is -2.43. The molecule has 0 aromatic heterocycles. The molecule has 0 rings (SSSR count). The van der Waals surface area contributed by atoms with Crippen molar-refractivity contribution in [2.45, 2.75) is 98.1 Å². The molecule has 0 bridgehead atoms. The first-order valence-electron chi connectivity index (χ1n) is 16.6. The molecule has 0 radical (unpaired) electrons. The van der Waals surface area contributed by atoms with E-state index >= 15 is 0 Å². The number of methoxy groups -OCH3 is 1. The number of hydrogen-bond acceptors (Lipinski definition) is 14. The van der Waals surface area contributed by atoms with Crippen LogP contribution in [-0.2, 0) is 52.3 Å². The van der Waals surface area contributed by atoms with Gasteiger partial charge in [0.1, 0.15) is 18.6 Å². The van der Waals surface area contributed by atoms with Crippen LogP contribution in [0.5, 0.6) is 0 Å². The number of esters is 4. The fourth-order valence-corrected chi connectivity index (χ4v) is 3.94. The maximum absolute atomic E-state index is 12.6. The van der Waals surface area contributed by atoms with Gasteiger partial charge in [-0.15, -0.1) is 0 Å². The van der Waals surface area contributed by atoms with Crippen molar-refractivity contribution in [3.8, 4) is 0 Å². The number of rotatable bonds is 25. The molecule has 0 aromatic rings. The summed E-state index contributed by atoms with van der Waals surface area (Å²) < 4.78 is 34.8. The van der Waals surface area contributed by atoms with E-state index in [4.69, 9.17) is 28.4 Å². The molecule has 17 nitrogen and oxygen atoms in total. The fraction of sp³-hybridized carbons (Fsp3) is 0.781. The van der Waals surface area contributed by atoms with Crippen LogP contribution in [0, 0.1) is 11.8 Å². The third-order valence-electron chi connectivity index (χ3n) is 6.28. The van der Waals surface area contributed by atoms with Crippen LogP contribution in [0.2, 0.25) is 0 Å². The Bertz CT molecular complexity index is 1020. The van der Waals surface area contributed by atoms with Crippen molar-refractivity contribution in [3.05, 3.63) is 0 Å². The average molecular weight is 706 g/mol. The van der Waals surface area contributed by atoms with Gasteiger partial charge in [-0.1, -0.05) is 27.7 Å². The smallest absolute Gasteiger partial charge is 0.407 e. The number of carbonyl (C=O) groups excluding carboxylic acids is 7. The first kappa shape index (κ1) is 44.7. The zero-order valence-corrected chi connectivity index (χ0v) is 29.6. The number of alkyl carbamates (subject to hydrolysis) is 3. The zero-order valence-electron chi connectivity index (χ0n) is 29.6. The van der Waals surface area contributed by atoms with Crippen molar-refractivity contribution in [3.63, 3.8) is 0 Å². The van der Waals surface area contributed by atoms with E-state index in [1.54, 1.807) is 0 Å². The molecule has 17 heteroatoms. The van der Waals surface area contributed by atoms with Crippen molar-refractivity contribution in [2.75, 3.05) is 53.3 Å². The highest BCUT2D eigenvalue weighted by Crippen LogP contribution is 2.10. The van der Waals surface area contributed by atoms with E-state index in [2.05, 4.69) is 20.7 Å². The van der Waals surface area contributed by atoms with Crippen LogP contribution in [0.15, 0.2) is 0 Å². The monoisotopic (exact) mass is 705 g/mol. The van der Waals surface area contributed by atoms with Crippen LogP contribution in [0.1, 0.15) is 86.0 Å². The summed E-state index contributed by atoms with van der Waals surface area (Å²) in [6.45, 7) is 8.89. The molecule has 0 aliphatic heterocycles. The van der Waals surface area contributed by atoms with Gasteiger partial charge >= 0.3 is 42.2 Å². The third kappa shape index (κ3) is 26.3. The highest BCUT2D eigenvalue weighted by Gasteiger charge is 2.25. The van der Waals surface area contributed by atoms with E-state index in [1.807, 2.05) is 27.7 Å². The van der Waals surface area contributed by atoms with Crippen LogP contribution in [0.3, 0.4) is 0 Å². The normalized spacial score (nSPS) is 11.8. The molecular formula is C32H55N3O14. The molecule has 0 aromatic carbocycles. The number of nitrogens with one attached hydrogen (secondary N) is 3. The minimum atomic E-state index is -0.905. The van der Waals surface area contributed by atoms with E-state index in [1.165, 1.54) is 14.0 Å². The topological polar surface area (TPSA) is 220 Å². The second kappa shape index (κ2) is 27.6. The van der Waals surface area contributed by atoms with Crippen LogP contribution in [0.25, 0.3) is 0 Å². The summed E-state index contributed by atoms with van der Waals surface area (Å²) in [7, 11) is 1.19. The van der Waals surface area contributed by atoms with Gasteiger partial charge < -0.3 is 49.1 Å². The summed E-state index contributed by atoms with van der Waals surface area (Å²) in [5.74, 6) is -2.00. The average Bonchev–Trinajstić information content (AvgIpc) is 3.02. The van der Waals surface area contributed by atoms with Crippen LogP contribution in [0.4, 0.5) is 14.4 Å². The lowest BCUT2D eigenvalue weighted by molar-refractivity contribution is -0.147. The Morgan fingerprint density at radius 1 is 0.510 bits per heavy atom. The molecule has 0 aliphatic carbocycles. The third-order valence-corrected chi connectivity index (χ3v) is 6.28. The van der Waals surface area contributed by atoms with Gasteiger partial charge in [0.2, 0.25) is 0 Å². The Kier molecular flexibility index (Phi) is 25.2. The first-order valence-corrected chi connectivity index (χ1v) is 16.6. The lowest BCUT2D eigenvalue weighted by Gasteiger charge is -2.19. The molecule has 0 fully saturated rings. The van der Waals surface area contributed by atoms with Crippen LogP contribution in [-0.4, -0.2) is 108 Å². The van der Waals surface area contributed by atoms with Crippen molar-refractivity contribution < 1.29 is 66.7 Å². The minimum absolute atomic E-state index is 0.0300. The number of carbonyl (C=O) groups is 7. The summed E-state index contributed by atoms with van der Waals surface area (Å²) in [6.07, 6.45) is 1.38. The van der Waals surface area contributed by atoms with E-state index in [9.17, 15) is 33.6 Å². The molecule has 0 heterocycles. The van der Waals surface area contributed by atoms with Gasteiger partial charge in [-0.05, 0) is 50.4 Å². The molecule has 282 valence electrons. The highest BCUT2D eigenvalue weighted by molar-refractivity contribution is 5.82. The van der Waals surface area contributed by atoms with Gasteiger partial charge in [0.25, 0.3) is 0 Å². The standard InChI is InChI=1S/C32H55N3O14/c1-22(2)19-25(34-31(41)48-17-11-15-44-24(5)36)28(38)45-13-9-7-8-10-14-46-29(39)26(20-23(3)4)35-32(42)49-18-12-16-47-30(40)33-21-27(37)43-6/h22-23,25-26H,7-21H2,1-6H3,(H,33,40)(H,34,41)(H,35,42). The SMILES string of the molecule is COC(=O)CNC(=O)OCCCOC(=O)NC(CC(C)C)C(=O)OCCCCCCOC(=O)C(CC(C)C)NC(=O)OCCCOC(C)=O. The fourth-order valence-electron chi connectivity index (χ4n) is 3.94. The number of ether oxygens (including phenoxy) is 7. The van der Waals surface area contributed by atoms with Gasteiger partial charge in [0.15, 0.2) is 0 Å². The van der Waals surface area contributed by atoms with Crippen molar-refractivity contribution in [1.82, 2.24) is 16.0 Å². The number of amides is 3. The first-order chi connectivity index (χ1) is 23.2. The van der Waals surface area contributed by atoms with Gasteiger partial charge in [-0.25, -0.2) is 24.0 Å². The highest BCUT2D eigenvalue weighted by atomic mass is 16.6. The summed E-state index contributed by atoms with van der Waals surface area (Å²) >= 11 is 0. The quantitative estimate of drug-likeness (QED) is 0.0706. The van der Waals surface area contributed by atoms with Gasteiger partial charge in [0.05, 0.1) is 46.8 Å². The molecule has 3 N–H and O–H groups in total. The van der Waals surface area contributed by atoms with Crippen LogP contribution >= 0.6 is 0 Å². The van der Waals surface area contributed by atoms with Crippen molar-refractivity contribution in [1.29, 1.82) is 0 Å². The Morgan fingerprint density at radius 2 is 0.898 bits per heavy atom. The van der Waals surface area contributed by atoms with Crippen molar-refractivity contribution in [2.24, 2.45) is 11.8 Å². The predicted molar refractivity (Wildman–Crippen MR) is 173 cm³/mol. The maximum Gasteiger partial charge on any atom is 0.407 e. The van der Waals surface area contributed by atoms with E-state index in [0.717, 1.165) is 0 Å². The summed E-state index contributed by atoms with van der Waals surface area (Å²) in [4.78, 5) is 82.7. The van der Waals surface area contributed by atoms with E-state index < -0.39 is 54.2 Å². The zero-order chi connectivity index (χ0) is 37.0. The Balaban J connectivity index is 4.31. The van der Waals surface area contributed by atoms with Gasteiger partial charge in [-0.2, -0.15) is 0 Å². The Labute approximate surface area is 288 Å². The van der Waals surface area contributed by atoms with Crippen molar-refractivity contribution >= 4 is 42.2 Å². The molecule has 2 unspecified atom stereocenters. The summed E-state index contributed by atoms with van der Waals surface area (Å²) in [5.41, 5.74) is 0. The molecule has 0 saturated carbocycles. The van der Waals surface area contributed by atoms with E-state index in [0.29, 0.717) is 44.9 Å². The summed E-state index contributed by atoms with van der Waals surface area (Å²) in [6, 6.07) is -1.77. The predicted octanol–water partition coefficient (Wildman–Crippen LogP) is 3.16. The summed E-state index contributed by atoms with van der Waals surface area (Å²) in [5, 5.41) is 7.24. The number of unbranched alkanes of at least 4 members (excludes halogenated alkanes) is 3. The Hall–Kier alpha value is -4.31. The van der Waals surface area contributed by atoms with Crippen LogP contribution < -0.4 is 16.0 Å². The lowest BCUT2D eigenvalue weighted by atomic mass is 10.0. The molecule has 0 saturated heterocycles. The largest absolute Gasteiger partial charge is 0.468 e. The maximum atomic E-state index is 12.6. The number of hydrogen-bond donors (Lipinski definition) is 3. The minimum Gasteiger partial charge on any atom is -0.468 e. The molecule has 49 heavy (non-hydrogen) atoms. The molecule has 0 aliphatic rings. The van der Waals surface area contributed by atoms with E-state index in [-0.39, 0.29) is 64.4 Å². The van der Waals surface area contributed by atoms with Gasteiger partial charge in [0, 0.05) is 19.8 Å². The molecular weight excluding hydrogens is 650 g/mol. The molecule has 2 atom stereocenters.